The molecule has 0 bridgehead atoms. The zero-order valence-electron chi connectivity index (χ0n) is 18.7. The number of halogens is 3. The maximum absolute atomic E-state index is 13.0. The third-order valence-electron chi connectivity index (χ3n) is 6.78. The molecule has 5 rings (SSSR count). The van der Waals surface area contributed by atoms with E-state index in [9.17, 15) is 23.4 Å². The molecule has 2 aromatic heterocycles. The predicted octanol–water partition coefficient (Wildman–Crippen LogP) is 4.21. The van der Waals surface area contributed by atoms with Crippen LogP contribution in [-0.4, -0.2) is 61.1 Å². The number of hydrogen-bond donors (Lipinski definition) is 3. The molecule has 0 radical (unpaired) electrons. The summed E-state index contributed by atoms with van der Waals surface area (Å²) in [5.41, 5.74) is -0.545. The van der Waals surface area contributed by atoms with Crippen molar-refractivity contribution < 1.29 is 23.4 Å². The average molecular weight is 473 g/mol. The zero-order chi connectivity index (χ0) is 24.1. The summed E-state index contributed by atoms with van der Waals surface area (Å²) in [5, 5.41) is 33.0. The molecule has 7 nitrogen and oxygen atoms in total. The van der Waals surface area contributed by atoms with Gasteiger partial charge in [-0.3, -0.25) is 9.88 Å². The lowest BCUT2D eigenvalue weighted by Gasteiger charge is -2.49. The summed E-state index contributed by atoms with van der Waals surface area (Å²) < 4.78 is 39.0. The summed E-state index contributed by atoms with van der Waals surface area (Å²) in [6, 6.07) is 6.80. The van der Waals surface area contributed by atoms with Gasteiger partial charge in [0.15, 0.2) is 5.82 Å². The number of fused-ring (bicyclic) bond motifs is 1. The van der Waals surface area contributed by atoms with Crippen molar-refractivity contribution in [3.8, 4) is 17.0 Å². The highest BCUT2D eigenvalue weighted by Gasteiger charge is 2.42. The van der Waals surface area contributed by atoms with Crippen LogP contribution in [0.15, 0.2) is 36.5 Å². The molecule has 2 fully saturated rings. The monoisotopic (exact) mass is 473 g/mol. The molecule has 1 aliphatic carbocycles. The minimum atomic E-state index is -4.55. The Morgan fingerprint density at radius 1 is 1.18 bits per heavy atom. The highest BCUT2D eigenvalue weighted by Crippen LogP contribution is 2.39. The van der Waals surface area contributed by atoms with E-state index >= 15 is 0 Å². The van der Waals surface area contributed by atoms with Crippen molar-refractivity contribution in [1.82, 2.24) is 20.1 Å². The lowest BCUT2D eigenvalue weighted by atomic mass is 9.76. The van der Waals surface area contributed by atoms with E-state index in [1.807, 2.05) is 6.92 Å². The van der Waals surface area contributed by atoms with E-state index in [1.54, 1.807) is 18.3 Å². The number of piperidine rings is 1. The van der Waals surface area contributed by atoms with Crippen LogP contribution in [0.4, 0.5) is 19.0 Å². The van der Waals surface area contributed by atoms with Crippen LogP contribution in [0.2, 0.25) is 0 Å². The topological polar surface area (TPSA) is 94.4 Å². The zero-order valence-corrected chi connectivity index (χ0v) is 18.7. The second-order valence-electron chi connectivity index (χ2n) is 9.56. The van der Waals surface area contributed by atoms with Crippen LogP contribution in [0.1, 0.15) is 38.2 Å². The Bertz CT molecular complexity index is 1210. The van der Waals surface area contributed by atoms with Gasteiger partial charge in [0.2, 0.25) is 0 Å². The summed E-state index contributed by atoms with van der Waals surface area (Å²) in [7, 11) is 0. The Morgan fingerprint density at radius 3 is 2.68 bits per heavy atom. The van der Waals surface area contributed by atoms with Crippen molar-refractivity contribution in [3.05, 3.63) is 42.1 Å². The number of aliphatic hydroxyl groups is 1. The number of pyridine rings is 1. The number of aromatic nitrogens is 3. The molecule has 1 aromatic carbocycles. The third kappa shape index (κ3) is 4.39. The number of likely N-dealkylation sites (tertiary alicyclic amines) is 1. The Balaban J connectivity index is 1.41. The maximum atomic E-state index is 13.0. The quantitative estimate of drug-likeness (QED) is 0.523. The van der Waals surface area contributed by atoms with Crippen molar-refractivity contribution >= 4 is 16.7 Å². The predicted molar refractivity (Wildman–Crippen MR) is 121 cm³/mol. The van der Waals surface area contributed by atoms with Gasteiger partial charge in [0, 0.05) is 35.8 Å². The molecule has 3 aromatic rings. The fourth-order valence-corrected chi connectivity index (χ4v) is 5.05. The second kappa shape index (κ2) is 8.35. The first-order chi connectivity index (χ1) is 16.1. The summed E-state index contributed by atoms with van der Waals surface area (Å²) >= 11 is 0. The van der Waals surface area contributed by atoms with Crippen molar-refractivity contribution in [2.75, 3.05) is 18.4 Å². The normalized spacial score (nSPS) is 25.8. The van der Waals surface area contributed by atoms with E-state index < -0.39 is 23.1 Å². The molecule has 0 spiro atoms. The number of phenols is 1. The molecule has 1 saturated heterocycles. The molecule has 180 valence electrons. The summed E-state index contributed by atoms with van der Waals surface area (Å²) in [6.07, 6.45) is 0.589. The van der Waals surface area contributed by atoms with E-state index in [4.69, 9.17) is 0 Å². The fraction of sp³-hybridized carbons (Fsp3) is 0.458. The summed E-state index contributed by atoms with van der Waals surface area (Å²) in [6.45, 7) is 3.68. The third-order valence-corrected chi connectivity index (χ3v) is 6.78. The standard InChI is InChI=1S/C24H26F3N5O2/c1-23(34)11-16(12-23)32-9-3-4-15(13-32)29-22-21-18(5-2-8-28-21)20(30-31-22)17-7-6-14(10-19(17)33)24(25,26)27/h2,5-8,10,15-16,33-34H,3-4,9,11-13H2,1H3,(H,29,31). The Morgan fingerprint density at radius 2 is 1.97 bits per heavy atom. The molecule has 3 N–H and O–H groups in total. The van der Waals surface area contributed by atoms with Gasteiger partial charge in [0.1, 0.15) is 17.0 Å². The molecule has 1 unspecified atom stereocenters. The number of phenolic OH excluding ortho intramolecular Hbond substituents is 1. The van der Waals surface area contributed by atoms with Crippen LogP contribution in [-0.2, 0) is 6.18 Å². The van der Waals surface area contributed by atoms with Gasteiger partial charge in [-0.05, 0) is 69.5 Å². The van der Waals surface area contributed by atoms with Gasteiger partial charge in [0.25, 0.3) is 0 Å². The number of hydrogen-bond acceptors (Lipinski definition) is 7. The van der Waals surface area contributed by atoms with Crippen LogP contribution in [0.3, 0.4) is 0 Å². The van der Waals surface area contributed by atoms with Gasteiger partial charge >= 0.3 is 6.18 Å². The minimum absolute atomic E-state index is 0.129. The number of anilines is 1. The van der Waals surface area contributed by atoms with E-state index in [-0.39, 0.29) is 17.3 Å². The van der Waals surface area contributed by atoms with Gasteiger partial charge in [-0.25, -0.2) is 0 Å². The van der Waals surface area contributed by atoms with Gasteiger partial charge in [-0.2, -0.15) is 13.2 Å². The molecule has 34 heavy (non-hydrogen) atoms. The van der Waals surface area contributed by atoms with Gasteiger partial charge in [-0.15, -0.1) is 10.2 Å². The molecule has 1 saturated carbocycles. The highest BCUT2D eigenvalue weighted by molar-refractivity contribution is 5.98. The second-order valence-corrected chi connectivity index (χ2v) is 9.56. The lowest BCUT2D eigenvalue weighted by Crippen LogP contribution is -2.57. The Hall–Kier alpha value is -2.98. The van der Waals surface area contributed by atoms with E-state index in [0.29, 0.717) is 28.8 Å². The number of nitrogens with one attached hydrogen (secondary N) is 1. The van der Waals surface area contributed by atoms with Gasteiger partial charge < -0.3 is 15.5 Å². The molecule has 2 aliphatic rings. The van der Waals surface area contributed by atoms with E-state index in [2.05, 4.69) is 25.4 Å². The summed E-state index contributed by atoms with van der Waals surface area (Å²) in [5.74, 6) is -0.0208. The Labute approximate surface area is 194 Å². The smallest absolute Gasteiger partial charge is 0.416 e. The lowest BCUT2D eigenvalue weighted by molar-refractivity contribution is -0.137. The fourth-order valence-electron chi connectivity index (χ4n) is 5.05. The molecule has 1 atom stereocenters. The largest absolute Gasteiger partial charge is 0.507 e. The highest BCUT2D eigenvalue weighted by atomic mass is 19.4. The van der Waals surface area contributed by atoms with Crippen molar-refractivity contribution in [1.29, 1.82) is 0 Å². The first kappa shape index (κ1) is 22.8. The van der Waals surface area contributed by atoms with Crippen LogP contribution in [0, 0.1) is 0 Å². The van der Waals surface area contributed by atoms with Crippen molar-refractivity contribution in [2.45, 2.75) is 56.5 Å². The SMILES string of the molecule is CC1(O)CC(N2CCCC(Nc3nnc(-c4ccc(C(F)(F)F)cc4O)c4cccnc34)C2)C1. The van der Waals surface area contributed by atoms with E-state index in [0.717, 1.165) is 44.8 Å². The van der Waals surface area contributed by atoms with Crippen LogP contribution in [0.25, 0.3) is 22.2 Å². The number of benzene rings is 1. The molecular weight excluding hydrogens is 447 g/mol. The minimum Gasteiger partial charge on any atom is -0.507 e. The molecule has 1 aliphatic heterocycles. The van der Waals surface area contributed by atoms with Crippen LogP contribution in [0.5, 0.6) is 5.75 Å². The number of alkyl halides is 3. The first-order valence-corrected chi connectivity index (χ1v) is 11.4. The van der Waals surface area contributed by atoms with Gasteiger partial charge in [0.05, 0.1) is 11.2 Å². The average Bonchev–Trinajstić information content (AvgIpc) is 2.77. The Kier molecular flexibility index (Phi) is 5.60. The molecular formula is C24H26F3N5O2. The number of rotatable bonds is 4. The van der Waals surface area contributed by atoms with E-state index in [1.165, 1.54) is 6.07 Å². The van der Waals surface area contributed by atoms with Crippen LogP contribution < -0.4 is 5.32 Å². The van der Waals surface area contributed by atoms with Crippen molar-refractivity contribution in [2.24, 2.45) is 0 Å². The molecule has 3 heterocycles. The maximum Gasteiger partial charge on any atom is 0.416 e. The number of aromatic hydroxyl groups is 1. The van der Waals surface area contributed by atoms with Crippen molar-refractivity contribution in [3.63, 3.8) is 0 Å². The first-order valence-electron chi connectivity index (χ1n) is 11.4. The molecule has 10 heteroatoms. The molecule has 0 amide bonds. The summed E-state index contributed by atoms with van der Waals surface area (Å²) in [4.78, 5) is 6.85. The van der Waals surface area contributed by atoms with Gasteiger partial charge in [-0.1, -0.05) is 0 Å². The number of nitrogens with zero attached hydrogens (tertiary/aromatic N) is 4. The van der Waals surface area contributed by atoms with Crippen LogP contribution >= 0.6 is 0 Å².